The van der Waals surface area contributed by atoms with Gasteiger partial charge in [0, 0.05) is 49.5 Å². The summed E-state index contributed by atoms with van der Waals surface area (Å²) in [5.41, 5.74) is 3.60. The highest BCUT2D eigenvalue weighted by atomic mass is 32.1. The van der Waals surface area contributed by atoms with Gasteiger partial charge in [0.05, 0.1) is 40.6 Å². The van der Waals surface area contributed by atoms with Gasteiger partial charge in [0.25, 0.3) is 0 Å². The molecular formula is C27H31N7O4S. The number of nitrogens with zero attached hydrogens (tertiary/aromatic N) is 4. The Bertz CT molecular complexity index is 1430. The van der Waals surface area contributed by atoms with Crippen LogP contribution >= 0.6 is 11.3 Å². The van der Waals surface area contributed by atoms with Gasteiger partial charge in [-0.2, -0.15) is 0 Å². The number of nitrogens with one attached hydrogen (secondary N) is 3. The van der Waals surface area contributed by atoms with Crippen LogP contribution in [0.4, 0.5) is 10.5 Å². The molecule has 204 valence electrons. The first-order chi connectivity index (χ1) is 18.8. The van der Waals surface area contributed by atoms with E-state index in [4.69, 9.17) is 9.73 Å². The second kappa shape index (κ2) is 10.7. The molecule has 39 heavy (non-hydrogen) atoms. The number of esters is 1. The number of aromatic nitrogens is 2. The number of benzene rings is 1. The van der Waals surface area contributed by atoms with Gasteiger partial charge in [-0.05, 0) is 44.2 Å². The Morgan fingerprint density at radius 1 is 1.31 bits per heavy atom. The molecule has 4 N–H and O–H groups in total. The topological polar surface area (TPSA) is 141 Å². The maximum atomic E-state index is 13.1. The number of aliphatic imine (C=N–C) groups is 1. The number of hydrogen-bond donors (Lipinski definition) is 4. The molecule has 4 atom stereocenters. The van der Waals surface area contributed by atoms with E-state index in [0.29, 0.717) is 12.2 Å². The third-order valence-electron chi connectivity index (χ3n) is 7.29. The highest BCUT2D eigenvalue weighted by Gasteiger charge is 2.58. The molecule has 11 nitrogen and oxygen atoms in total. The van der Waals surface area contributed by atoms with Gasteiger partial charge in [-0.25, -0.2) is 14.8 Å². The number of aliphatic hydroxyl groups is 1. The Kier molecular flexibility index (Phi) is 7.34. The SMILES string of the molecule is CCNC(=O)NC1(C2CNCC(C)(C(=O)OC)C2O)N=CC=CN1c1cc(-c2ccccn2)c2scnc2c1. The maximum absolute atomic E-state index is 13.1. The molecule has 0 radical (unpaired) electrons. The molecule has 1 aromatic carbocycles. The van der Waals surface area contributed by atoms with Crippen molar-refractivity contribution >= 4 is 45.5 Å². The Hall–Kier alpha value is -3.87. The number of thiazole rings is 1. The zero-order chi connectivity index (χ0) is 27.6. The fourth-order valence-electron chi connectivity index (χ4n) is 5.31. The second-order valence-electron chi connectivity index (χ2n) is 9.70. The molecule has 0 aliphatic carbocycles. The van der Waals surface area contributed by atoms with Crippen LogP contribution in [0.1, 0.15) is 13.8 Å². The van der Waals surface area contributed by atoms with Crippen LogP contribution in [0.3, 0.4) is 0 Å². The number of hydrogen-bond acceptors (Lipinski definition) is 10. The molecule has 4 unspecified atom stereocenters. The molecular weight excluding hydrogens is 518 g/mol. The first-order valence-electron chi connectivity index (χ1n) is 12.7. The van der Waals surface area contributed by atoms with Gasteiger partial charge in [-0.1, -0.05) is 6.07 Å². The summed E-state index contributed by atoms with van der Waals surface area (Å²) in [5.74, 6) is -2.81. The predicted octanol–water partition coefficient (Wildman–Crippen LogP) is 2.50. The lowest BCUT2D eigenvalue weighted by molar-refractivity contribution is -0.166. The van der Waals surface area contributed by atoms with E-state index in [2.05, 4.69) is 25.9 Å². The van der Waals surface area contributed by atoms with Crippen LogP contribution in [-0.4, -0.2) is 71.9 Å². The summed E-state index contributed by atoms with van der Waals surface area (Å²) in [7, 11) is 1.29. The lowest BCUT2D eigenvalue weighted by Gasteiger charge is -2.52. The van der Waals surface area contributed by atoms with Gasteiger partial charge >= 0.3 is 12.0 Å². The highest BCUT2D eigenvalue weighted by molar-refractivity contribution is 7.17. The Labute approximate surface area is 230 Å². The molecule has 2 aliphatic heterocycles. The van der Waals surface area contributed by atoms with Crippen molar-refractivity contribution in [2.45, 2.75) is 25.7 Å². The zero-order valence-corrected chi connectivity index (χ0v) is 22.7. The monoisotopic (exact) mass is 549 g/mol. The van der Waals surface area contributed by atoms with Crippen molar-refractivity contribution < 1.29 is 19.4 Å². The molecule has 2 aliphatic rings. The largest absolute Gasteiger partial charge is 0.468 e. The van der Waals surface area contributed by atoms with Crippen molar-refractivity contribution in [1.29, 1.82) is 0 Å². The van der Waals surface area contributed by atoms with Crippen LogP contribution in [0.2, 0.25) is 0 Å². The number of urea groups is 1. The van der Waals surface area contributed by atoms with E-state index >= 15 is 0 Å². The third-order valence-corrected chi connectivity index (χ3v) is 8.16. The van der Waals surface area contributed by atoms with Crippen molar-refractivity contribution in [3.05, 3.63) is 54.3 Å². The van der Waals surface area contributed by atoms with Gasteiger partial charge in [-0.3, -0.25) is 15.1 Å². The molecule has 2 amide bonds. The molecule has 12 heteroatoms. The summed E-state index contributed by atoms with van der Waals surface area (Å²) < 4.78 is 6.02. The van der Waals surface area contributed by atoms with Crippen molar-refractivity contribution in [3.63, 3.8) is 0 Å². The highest BCUT2D eigenvalue weighted by Crippen LogP contribution is 2.43. The summed E-state index contributed by atoms with van der Waals surface area (Å²) in [6.07, 6.45) is 5.66. The third kappa shape index (κ3) is 4.64. The van der Waals surface area contributed by atoms with Gasteiger partial charge < -0.3 is 25.4 Å². The molecule has 1 fully saturated rings. The smallest absolute Gasteiger partial charge is 0.318 e. The molecule has 0 bridgehead atoms. The van der Waals surface area contributed by atoms with Crippen molar-refractivity contribution in [1.82, 2.24) is 25.9 Å². The van der Waals surface area contributed by atoms with Gasteiger partial charge in [0.15, 0.2) is 0 Å². The van der Waals surface area contributed by atoms with Gasteiger partial charge in [0.1, 0.15) is 5.41 Å². The molecule has 5 rings (SSSR count). The number of carbonyl (C=O) groups is 2. The van der Waals surface area contributed by atoms with Gasteiger partial charge in [0.2, 0.25) is 5.79 Å². The van der Waals surface area contributed by atoms with E-state index in [1.807, 2.05) is 42.2 Å². The normalized spacial score (nSPS) is 26.4. The number of piperidine rings is 1. The first kappa shape index (κ1) is 26.7. The number of carbonyl (C=O) groups excluding carboxylic acids is 2. The number of aliphatic hydroxyl groups excluding tert-OH is 1. The van der Waals surface area contributed by atoms with E-state index < -0.39 is 35.2 Å². The minimum atomic E-state index is -1.50. The number of fused-ring (bicyclic) bond motifs is 1. The second-order valence-corrected chi connectivity index (χ2v) is 10.6. The standard InChI is InChI=1S/C27H31N7O4S/c1-4-29-25(37)33-27(19-14-28-15-26(2,23(19)35)24(36)38-3)32-10-7-11-34(27)17-12-18(20-8-5-6-9-30-20)22-21(13-17)31-16-39-22/h5-13,16,19,23,28,35H,4,14-15H2,1-3H3,(H2,29,33,37). The van der Waals surface area contributed by atoms with Crippen molar-refractivity contribution in [2.24, 2.45) is 16.3 Å². The fourth-order valence-corrected chi connectivity index (χ4v) is 6.11. The number of methoxy groups -OCH3 is 1. The lowest BCUT2D eigenvalue weighted by Crippen LogP contribution is -2.73. The average molecular weight is 550 g/mol. The Balaban J connectivity index is 1.68. The van der Waals surface area contributed by atoms with Crippen LogP contribution in [0.25, 0.3) is 21.5 Å². The number of allylic oxidation sites excluding steroid dienone is 1. The van der Waals surface area contributed by atoms with Gasteiger partial charge in [-0.15, -0.1) is 11.3 Å². The van der Waals surface area contributed by atoms with E-state index in [1.165, 1.54) is 18.4 Å². The predicted molar refractivity (Wildman–Crippen MR) is 150 cm³/mol. The quantitative estimate of drug-likeness (QED) is 0.344. The van der Waals surface area contributed by atoms with Crippen molar-refractivity contribution in [3.8, 4) is 11.3 Å². The molecule has 3 aromatic rings. The number of anilines is 1. The molecule has 0 saturated carbocycles. The summed E-state index contributed by atoms with van der Waals surface area (Å²) >= 11 is 1.52. The minimum Gasteiger partial charge on any atom is -0.468 e. The van der Waals surface area contributed by atoms with E-state index in [0.717, 1.165) is 21.5 Å². The van der Waals surface area contributed by atoms with Crippen LogP contribution in [0.5, 0.6) is 0 Å². The van der Waals surface area contributed by atoms with E-state index in [-0.39, 0.29) is 13.1 Å². The number of ether oxygens (including phenoxy) is 1. The molecule has 2 aromatic heterocycles. The summed E-state index contributed by atoms with van der Waals surface area (Å²) in [5, 5.41) is 20.8. The van der Waals surface area contributed by atoms with Crippen LogP contribution in [0, 0.1) is 11.3 Å². The summed E-state index contributed by atoms with van der Waals surface area (Å²) in [6.45, 7) is 4.34. The lowest BCUT2D eigenvalue weighted by atomic mass is 9.71. The number of pyridine rings is 1. The van der Waals surface area contributed by atoms with Crippen LogP contribution in [-0.2, 0) is 9.53 Å². The Morgan fingerprint density at radius 2 is 2.15 bits per heavy atom. The van der Waals surface area contributed by atoms with Crippen molar-refractivity contribution in [2.75, 3.05) is 31.6 Å². The first-order valence-corrected chi connectivity index (χ1v) is 13.5. The zero-order valence-electron chi connectivity index (χ0n) is 21.9. The van der Waals surface area contributed by atoms with Crippen LogP contribution < -0.4 is 20.9 Å². The summed E-state index contributed by atoms with van der Waals surface area (Å²) in [6, 6.07) is 9.14. The molecule has 1 saturated heterocycles. The minimum absolute atomic E-state index is 0.211. The van der Waals surface area contributed by atoms with E-state index in [9.17, 15) is 14.7 Å². The summed E-state index contributed by atoms with van der Waals surface area (Å²) in [4.78, 5) is 41.6. The van der Waals surface area contributed by atoms with Crippen LogP contribution in [0.15, 0.2) is 59.3 Å². The fraction of sp³-hybridized carbons (Fsp3) is 0.370. The molecule has 4 heterocycles. The maximum Gasteiger partial charge on any atom is 0.318 e. The number of amides is 2. The Morgan fingerprint density at radius 3 is 2.90 bits per heavy atom. The number of rotatable bonds is 6. The van der Waals surface area contributed by atoms with E-state index in [1.54, 1.807) is 37.1 Å². The molecule has 0 spiro atoms. The average Bonchev–Trinajstić information content (AvgIpc) is 3.43.